The molecule has 0 aliphatic heterocycles. The highest BCUT2D eigenvalue weighted by Gasteiger charge is 2.51. The van der Waals surface area contributed by atoms with E-state index >= 15 is 0 Å². The lowest BCUT2D eigenvalue weighted by Gasteiger charge is -2.08. The third-order valence-electron chi connectivity index (χ3n) is 2.70. The van der Waals surface area contributed by atoms with Crippen molar-refractivity contribution in [2.45, 2.75) is 18.3 Å². The van der Waals surface area contributed by atoms with Crippen molar-refractivity contribution in [3.05, 3.63) is 35.9 Å². The fourth-order valence-corrected chi connectivity index (χ4v) is 1.51. The maximum absolute atomic E-state index is 10.9. The summed E-state index contributed by atoms with van der Waals surface area (Å²) in [5.74, 6) is -0.686. The summed E-state index contributed by atoms with van der Waals surface area (Å²) < 4.78 is 0. The Kier molecular flexibility index (Phi) is 4.26. The molecule has 0 aromatic heterocycles. The lowest BCUT2D eigenvalue weighted by molar-refractivity contribution is -0.140. The summed E-state index contributed by atoms with van der Waals surface area (Å²) in [5.41, 5.74) is 0.402. The van der Waals surface area contributed by atoms with Crippen LogP contribution >= 0.6 is 0 Å². The first kappa shape index (κ1) is 13.2. The van der Waals surface area contributed by atoms with E-state index in [0.29, 0.717) is 0 Å². The minimum atomic E-state index is -0.686. The Bertz CT molecular complexity index is 383. The van der Waals surface area contributed by atoms with Gasteiger partial charge in [0, 0.05) is 14.1 Å². The maximum atomic E-state index is 10.9. The third kappa shape index (κ3) is 3.31. The Balaban J connectivity index is 0.000000249. The summed E-state index contributed by atoms with van der Waals surface area (Å²) >= 11 is 0. The number of carboxylic acids is 1. The van der Waals surface area contributed by atoms with E-state index in [9.17, 15) is 9.59 Å². The Hall–Kier alpha value is -1.84. The molecular weight excluding hydrogens is 218 g/mol. The first-order valence-corrected chi connectivity index (χ1v) is 5.43. The van der Waals surface area contributed by atoms with Gasteiger partial charge in [0.15, 0.2) is 0 Å². The molecule has 4 heteroatoms. The Labute approximate surface area is 101 Å². The first-order chi connectivity index (χ1) is 8.03. The fraction of sp³-hybridized carbons (Fsp3) is 0.385. The van der Waals surface area contributed by atoms with Gasteiger partial charge in [-0.3, -0.25) is 9.59 Å². The van der Waals surface area contributed by atoms with E-state index in [2.05, 4.69) is 0 Å². The van der Waals surface area contributed by atoms with E-state index in [1.165, 1.54) is 4.90 Å². The Morgan fingerprint density at radius 3 is 2.06 bits per heavy atom. The maximum Gasteiger partial charge on any atom is 0.314 e. The number of hydrogen-bond acceptors (Lipinski definition) is 2. The smallest absolute Gasteiger partial charge is 0.314 e. The molecule has 1 aromatic rings. The molecule has 1 saturated carbocycles. The molecule has 1 amide bonds. The molecule has 1 aromatic carbocycles. The van der Waals surface area contributed by atoms with Crippen LogP contribution in [0.25, 0.3) is 0 Å². The SMILES string of the molecule is CN(C)C=O.O=C(O)C1(c2ccccc2)CC1. The number of rotatable bonds is 3. The highest BCUT2D eigenvalue weighted by molar-refractivity contribution is 5.84. The van der Waals surface area contributed by atoms with Gasteiger partial charge in [0.05, 0.1) is 5.41 Å². The van der Waals surface area contributed by atoms with Gasteiger partial charge in [-0.2, -0.15) is 0 Å². The largest absolute Gasteiger partial charge is 0.481 e. The molecule has 0 atom stereocenters. The van der Waals surface area contributed by atoms with Crippen LogP contribution in [-0.4, -0.2) is 36.5 Å². The topological polar surface area (TPSA) is 57.6 Å². The van der Waals surface area contributed by atoms with Crippen LogP contribution < -0.4 is 0 Å². The normalized spacial score (nSPS) is 15.2. The highest BCUT2D eigenvalue weighted by Crippen LogP contribution is 2.48. The first-order valence-electron chi connectivity index (χ1n) is 5.43. The van der Waals surface area contributed by atoms with E-state index in [0.717, 1.165) is 24.8 Å². The molecule has 17 heavy (non-hydrogen) atoms. The number of hydrogen-bond donors (Lipinski definition) is 1. The van der Waals surface area contributed by atoms with Crippen LogP contribution in [0.3, 0.4) is 0 Å². The molecule has 0 bridgehead atoms. The molecule has 1 aliphatic carbocycles. The molecule has 0 spiro atoms. The average Bonchev–Trinajstić information content (AvgIpc) is 3.12. The summed E-state index contributed by atoms with van der Waals surface area (Å²) in [6, 6.07) is 9.46. The average molecular weight is 235 g/mol. The van der Waals surface area contributed by atoms with Crippen molar-refractivity contribution < 1.29 is 14.7 Å². The molecule has 0 radical (unpaired) electrons. The van der Waals surface area contributed by atoms with Gasteiger partial charge in [-0.1, -0.05) is 30.3 Å². The lowest BCUT2D eigenvalue weighted by Crippen LogP contribution is -2.19. The number of amides is 1. The second kappa shape index (κ2) is 5.48. The monoisotopic (exact) mass is 235 g/mol. The van der Waals surface area contributed by atoms with Gasteiger partial charge in [0.25, 0.3) is 0 Å². The van der Waals surface area contributed by atoms with Crippen molar-refractivity contribution in [3.8, 4) is 0 Å². The van der Waals surface area contributed by atoms with Crippen molar-refractivity contribution in [2.24, 2.45) is 0 Å². The predicted octanol–water partition coefficient (Wildman–Crippen LogP) is 1.51. The number of aliphatic carboxylic acids is 1. The number of carbonyl (C=O) groups is 2. The molecule has 1 N–H and O–H groups in total. The van der Waals surface area contributed by atoms with Crippen molar-refractivity contribution in [1.29, 1.82) is 0 Å². The van der Waals surface area contributed by atoms with E-state index in [1.54, 1.807) is 14.1 Å². The summed E-state index contributed by atoms with van der Waals surface area (Å²) in [7, 11) is 3.38. The number of nitrogens with zero attached hydrogens (tertiary/aromatic N) is 1. The molecule has 0 heterocycles. The number of carbonyl (C=O) groups excluding carboxylic acids is 1. The minimum absolute atomic E-state index is 0.540. The standard InChI is InChI=1S/C10H10O2.C3H7NO/c11-9(12)10(6-7-10)8-4-2-1-3-5-8;1-4(2)3-5/h1-5H,6-7H2,(H,11,12);3H,1-2H3. The van der Waals surface area contributed by atoms with Gasteiger partial charge in [-0.15, -0.1) is 0 Å². The zero-order valence-electron chi connectivity index (χ0n) is 10.1. The molecule has 1 aliphatic rings. The van der Waals surface area contributed by atoms with Crippen molar-refractivity contribution >= 4 is 12.4 Å². The summed E-state index contributed by atoms with van der Waals surface area (Å²) in [5, 5.41) is 8.96. The van der Waals surface area contributed by atoms with Gasteiger partial charge in [-0.25, -0.2) is 0 Å². The lowest BCUT2D eigenvalue weighted by atomic mass is 9.97. The molecule has 4 nitrogen and oxygen atoms in total. The summed E-state index contributed by atoms with van der Waals surface area (Å²) in [6.07, 6.45) is 2.32. The van der Waals surface area contributed by atoms with Crippen LogP contribution in [0.15, 0.2) is 30.3 Å². The molecule has 0 unspecified atom stereocenters. The second-order valence-corrected chi connectivity index (χ2v) is 4.32. The highest BCUT2D eigenvalue weighted by atomic mass is 16.4. The van der Waals surface area contributed by atoms with Crippen molar-refractivity contribution in [3.63, 3.8) is 0 Å². The van der Waals surface area contributed by atoms with Crippen LogP contribution in [0.5, 0.6) is 0 Å². The molecule has 1 fully saturated rings. The van der Waals surface area contributed by atoms with E-state index in [-0.39, 0.29) is 0 Å². The van der Waals surface area contributed by atoms with Gasteiger partial charge in [0.1, 0.15) is 0 Å². The summed E-state index contributed by atoms with van der Waals surface area (Å²) in [4.78, 5) is 21.8. The molecule has 0 saturated heterocycles. The van der Waals surface area contributed by atoms with Crippen molar-refractivity contribution in [1.82, 2.24) is 4.90 Å². The number of carboxylic acid groups (broad SMARTS) is 1. The van der Waals surface area contributed by atoms with E-state index < -0.39 is 11.4 Å². The zero-order valence-corrected chi connectivity index (χ0v) is 10.1. The van der Waals surface area contributed by atoms with Gasteiger partial charge < -0.3 is 10.0 Å². The van der Waals surface area contributed by atoms with Crippen LogP contribution in [0.1, 0.15) is 18.4 Å². The predicted molar refractivity (Wildman–Crippen MR) is 64.7 cm³/mol. The quantitative estimate of drug-likeness (QED) is 0.808. The molecular formula is C13H17NO3. The van der Waals surface area contributed by atoms with E-state index in [1.807, 2.05) is 30.3 Å². The van der Waals surface area contributed by atoms with Crippen LogP contribution in [0, 0.1) is 0 Å². The third-order valence-corrected chi connectivity index (χ3v) is 2.70. The van der Waals surface area contributed by atoms with Gasteiger partial charge >= 0.3 is 5.97 Å². The second-order valence-electron chi connectivity index (χ2n) is 4.32. The van der Waals surface area contributed by atoms with Gasteiger partial charge in [-0.05, 0) is 18.4 Å². The number of benzene rings is 1. The van der Waals surface area contributed by atoms with Crippen LogP contribution in [0.4, 0.5) is 0 Å². The van der Waals surface area contributed by atoms with E-state index in [4.69, 9.17) is 5.11 Å². The minimum Gasteiger partial charge on any atom is -0.481 e. The molecule has 2 rings (SSSR count). The van der Waals surface area contributed by atoms with Gasteiger partial charge in [0.2, 0.25) is 6.41 Å². The zero-order chi connectivity index (χ0) is 12.9. The Morgan fingerprint density at radius 2 is 1.76 bits per heavy atom. The Morgan fingerprint density at radius 1 is 1.29 bits per heavy atom. The summed E-state index contributed by atoms with van der Waals surface area (Å²) in [6.45, 7) is 0. The van der Waals surface area contributed by atoms with Crippen LogP contribution in [0.2, 0.25) is 0 Å². The molecule has 92 valence electrons. The fourth-order valence-electron chi connectivity index (χ4n) is 1.51. The van der Waals surface area contributed by atoms with Crippen LogP contribution in [-0.2, 0) is 15.0 Å². The van der Waals surface area contributed by atoms with Crippen molar-refractivity contribution in [2.75, 3.05) is 14.1 Å².